The number of hydrogen-bond donors (Lipinski definition) is 2. The Kier molecular flexibility index (Phi) is 6.31. The molecule has 0 aliphatic rings. The van der Waals surface area contributed by atoms with Crippen LogP contribution in [0, 0.1) is 6.92 Å². The van der Waals surface area contributed by atoms with E-state index >= 15 is 0 Å². The number of para-hydroxylation sites is 1. The molecule has 0 saturated heterocycles. The average molecular weight is 348 g/mol. The largest absolute Gasteiger partial charge is 0.494 e. The van der Waals surface area contributed by atoms with Crippen LogP contribution in [-0.4, -0.2) is 28.6 Å². The van der Waals surface area contributed by atoms with Crippen LogP contribution in [0.1, 0.15) is 46.2 Å². The van der Waals surface area contributed by atoms with Gasteiger partial charge in [-0.3, -0.25) is 4.79 Å². The number of carboxylic acids is 1. The first-order chi connectivity index (χ1) is 11.5. The number of aryl methyl sites for hydroxylation is 1. The number of nitrogens with zero attached hydrogens (tertiary/aromatic N) is 1. The number of amides is 1. The van der Waals surface area contributed by atoms with Gasteiger partial charge in [0.2, 0.25) is 5.91 Å². The lowest BCUT2D eigenvalue weighted by atomic mass is 10.2. The average Bonchev–Trinajstić information content (AvgIpc) is 2.95. The molecule has 1 atom stereocenters. The highest BCUT2D eigenvalue weighted by Gasteiger charge is 2.18. The Morgan fingerprint density at radius 1 is 1.33 bits per heavy atom. The second-order valence-electron chi connectivity index (χ2n) is 5.33. The van der Waals surface area contributed by atoms with Crippen molar-refractivity contribution < 1.29 is 19.4 Å². The van der Waals surface area contributed by atoms with E-state index in [4.69, 9.17) is 9.84 Å². The molecule has 2 rings (SSSR count). The number of rotatable bonds is 8. The van der Waals surface area contributed by atoms with Gasteiger partial charge < -0.3 is 15.2 Å². The van der Waals surface area contributed by atoms with E-state index in [0.717, 1.165) is 17.1 Å². The molecule has 1 heterocycles. The van der Waals surface area contributed by atoms with Gasteiger partial charge in [-0.15, -0.1) is 11.3 Å². The third-order valence-corrected chi connectivity index (χ3v) is 4.64. The van der Waals surface area contributed by atoms with E-state index in [1.165, 1.54) is 0 Å². The number of aromatic carboxylic acids is 1. The molecule has 0 radical (unpaired) electrons. The molecule has 1 amide bonds. The van der Waals surface area contributed by atoms with Crippen LogP contribution in [0.4, 0.5) is 0 Å². The molecule has 0 aliphatic heterocycles. The molecule has 2 N–H and O–H groups in total. The van der Waals surface area contributed by atoms with E-state index in [-0.39, 0.29) is 16.8 Å². The highest BCUT2D eigenvalue weighted by atomic mass is 32.1. The van der Waals surface area contributed by atoms with Crippen molar-refractivity contribution in [3.63, 3.8) is 0 Å². The number of ether oxygens (including phenoxy) is 1. The van der Waals surface area contributed by atoms with E-state index in [2.05, 4.69) is 10.3 Å². The zero-order chi connectivity index (χ0) is 17.5. The molecule has 1 aromatic heterocycles. The number of carbonyl (C=O) groups is 2. The van der Waals surface area contributed by atoms with Gasteiger partial charge in [-0.1, -0.05) is 18.2 Å². The summed E-state index contributed by atoms with van der Waals surface area (Å²) in [7, 11) is 0. The predicted molar refractivity (Wildman–Crippen MR) is 91.5 cm³/mol. The summed E-state index contributed by atoms with van der Waals surface area (Å²) >= 11 is 1.09. The summed E-state index contributed by atoms with van der Waals surface area (Å²) in [5.41, 5.74) is 0.472. The van der Waals surface area contributed by atoms with Crippen molar-refractivity contribution in [2.24, 2.45) is 0 Å². The SMILES string of the molecule is Cc1nc(C(C)NC(=O)CCCOc2ccccc2)sc1C(=O)O. The minimum Gasteiger partial charge on any atom is -0.494 e. The zero-order valence-corrected chi connectivity index (χ0v) is 14.4. The minimum absolute atomic E-state index is 0.108. The first kappa shape index (κ1) is 17.9. The molecule has 0 aliphatic carbocycles. The molecule has 128 valence electrons. The van der Waals surface area contributed by atoms with E-state index in [1.807, 2.05) is 30.3 Å². The lowest BCUT2D eigenvalue weighted by Crippen LogP contribution is -2.26. The maximum absolute atomic E-state index is 12.0. The summed E-state index contributed by atoms with van der Waals surface area (Å²) < 4.78 is 5.54. The summed E-state index contributed by atoms with van der Waals surface area (Å²) in [4.78, 5) is 27.4. The molecular formula is C17H20N2O4S. The number of carbonyl (C=O) groups excluding carboxylic acids is 1. The van der Waals surface area contributed by atoms with Gasteiger partial charge in [0, 0.05) is 6.42 Å². The van der Waals surface area contributed by atoms with Crippen LogP contribution in [0.15, 0.2) is 30.3 Å². The highest BCUT2D eigenvalue weighted by Crippen LogP contribution is 2.23. The molecule has 24 heavy (non-hydrogen) atoms. The van der Waals surface area contributed by atoms with Crippen LogP contribution in [0.5, 0.6) is 5.75 Å². The van der Waals surface area contributed by atoms with Crippen molar-refractivity contribution in [1.29, 1.82) is 0 Å². The molecule has 0 spiro atoms. The zero-order valence-electron chi connectivity index (χ0n) is 13.6. The van der Waals surface area contributed by atoms with Gasteiger partial charge in [-0.05, 0) is 32.4 Å². The Balaban J connectivity index is 1.75. The van der Waals surface area contributed by atoms with Crippen LogP contribution in [0.2, 0.25) is 0 Å². The maximum atomic E-state index is 12.0. The third kappa shape index (κ3) is 5.06. The number of thiazole rings is 1. The third-order valence-electron chi connectivity index (χ3n) is 3.32. The Hall–Kier alpha value is -2.41. The van der Waals surface area contributed by atoms with E-state index in [1.54, 1.807) is 13.8 Å². The molecule has 0 saturated carbocycles. The van der Waals surface area contributed by atoms with Gasteiger partial charge in [0.1, 0.15) is 15.6 Å². The van der Waals surface area contributed by atoms with Crippen molar-refractivity contribution in [2.75, 3.05) is 6.61 Å². The first-order valence-electron chi connectivity index (χ1n) is 7.65. The smallest absolute Gasteiger partial charge is 0.347 e. The fraction of sp³-hybridized carbons (Fsp3) is 0.353. The van der Waals surface area contributed by atoms with Gasteiger partial charge in [-0.2, -0.15) is 0 Å². The van der Waals surface area contributed by atoms with Crippen LogP contribution in [0.3, 0.4) is 0 Å². The van der Waals surface area contributed by atoms with Crippen molar-refractivity contribution in [1.82, 2.24) is 10.3 Å². The van der Waals surface area contributed by atoms with Gasteiger partial charge in [0.25, 0.3) is 0 Å². The van der Waals surface area contributed by atoms with Crippen LogP contribution in [0.25, 0.3) is 0 Å². The fourth-order valence-electron chi connectivity index (χ4n) is 2.12. The minimum atomic E-state index is -0.993. The lowest BCUT2D eigenvalue weighted by molar-refractivity contribution is -0.121. The summed E-state index contributed by atoms with van der Waals surface area (Å²) in [6, 6.07) is 9.12. The van der Waals surface area contributed by atoms with E-state index in [9.17, 15) is 9.59 Å². The summed E-state index contributed by atoms with van der Waals surface area (Å²) in [6.45, 7) is 3.91. The Morgan fingerprint density at radius 3 is 2.67 bits per heavy atom. The number of hydrogen-bond acceptors (Lipinski definition) is 5. The second-order valence-corrected chi connectivity index (χ2v) is 6.36. The fourth-order valence-corrected chi connectivity index (χ4v) is 3.02. The molecule has 2 aromatic rings. The highest BCUT2D eigenvalue weighted by molar-refractivity contribution is 7.13. The molecule has 6 nitrogen and oxygen atoms in total. The molecule has 7 heteroatoms. The summed E-state index contributed by atoms with van der Waals surface area (Å²) in [6.07, 6.45) is 0.942. The van der Waals surface area contributed by atoms with Crippen LogP contribution >= 0.6 is 11.3 Å². The molecule has 1 unspecified atom stereocenters. The molecular weight excluding hydrogens is 328 g/mol. The van der Waals surface area contributed by atoms with Crippen LogP contribution in [-0.2, 0) is 4.79 Å². The standard InChI is InChI=1S/C17H20N2O4S/c1-11-15(17(21)22)24-16(19-11)12(2)18-14(20)9-6-10-23-13-7-4-3-5-8-13/h3-5,7-8,12H,6,9-10H2,1-2H3,(H,18,20)(H,21,22). The molecule has 1 aromatic carbocycles. The molecule has 0 fully saturated rings. The van der Waals surface area contributed by atoms with Crippen molar-refractivity contribution in [2.45, 2.75) is 32.7 Å². The summed E-state index contributed by atoms with van der Waals surface area (Å²) in [5, 5.41) is 12.5. The van der Waals surface area contributed by atoms with Crippen molar-refractivity contribution in [3.8, 4) is 5.75 Å². The lowest BCUT2D eigenvalue weighted by Gasteiger charge is -2.11. The second kappa shape index (κ2) is 8.44. The predicted octanol–water partition coefficient (Wildman–Crippen LogP) is 3.19. The number of carboxylic acid groups (broad SMARTS) is 1. The topological polar surface area (TPSA) is 88.5 Å². The van der Waals surface area contributed by atoms with Crippen LogP contribution < -0.4 is 10.1 Å². The Labute approximate surface area is 144 Å². The Bertz CT molecular complexity index is 700. The summed E-state index contributed by atoms with van der Waals surface area (Å²) in [5.74, 6) is -0.317. The normalized spacial score (nSPS) is 11.8. The quantitative estimate of drug-likeness (QED) is 0.715. The maximum Gasteiger partial charge on any atom is 0.347 e. The number of benzene rings is 1. The van der Waals surface area contributed by atoms with E-state index in [0.29, 0.717) is 30.2 Å². The van der Waals surface area contributed by atoms with Crippen molar-refractivity contribution >= 4 is 23.2 Å². The van der Waals surface area contributed by atoms with Gasteiger partial charge in [0.15, 0.2) is 0 Å². The van der Waals surface area contributed by atoms with Crippen molar-refractivity contribution in [3.05, 3.63) is 45.9 Å². The number of nitrogens with one attached hydrogen (secondary N) is 1. The molecule has 0 bridgehead atoms. The first-order valence-corrected chi connectivity index (χ1v) is 8.47. The van der Waals surface area contributed by atoms with Gasteiger partial charge >= 0.3 is 5.97 Å². The van der Waals surface area contributed by atoms with Gasteiger partial charge in [0.05, 0.1) is 18.3 Å². The number of aromatic nitrogens is 1. The monoisotopic (exact) mass is 348 g/mol. The van der Waals surface area contributed by atoms with Gasteiger partial charge in [-0.25, -0.2) is 9.78 Å². The van der Waals surface area contributed by atoms with E-state index < -0.39 is 5.97 Å². The Morgan fingerprint density at radius 2 is 2.04 bits per heavy atom.